The van der Waals surface area contributed by atoms with Crippen molar-refractivity contribution in [2.45, 2.75) is 125 Å². The first-order chi connectivity index (χ1) is 16.6. The molecule has 0 aromatic rings. The van der Waals surface area contributed by atoms with Crippen LogP contribution < -0.4 is 15.3 Å². The summed E-state index contributed by atoms with van der Waals surface area (Å²) < 4.78 is 0. The first-order valence-corrected chi connectivity index (χ1v) is 13.5. The van der Waals surface area contributed by atoms with Crippen molar-refractivity contribution in [1.29, 1.82) is 0 Å². The second-order valence-electron chi connectivity index (χ2n) is 16.1. The third-order valence-corrected chi connectivity index (χ3v) is 5.22. The van der Waals surface area contributed by atoms with Gasteiger partial charge in [0.25, 0.3) is 0 Å². The molecule has 0 N–H and O–H groups in total. The number of hydrogen-bond donors (Lipinski definition) is 0. The zero-order chi connectivity index (χ0) is 32.6. The van der Waals surface area contributed by atoms with Crippen molar-refractivity contribution in [1.82, 2.24) is 0 Å². The topological polar surface area (TPSA) is 120 Å². The van der Waals surface area contributed by atoms with E-state index in [-0.39, 0.29) is 60.5 Å². The molecule has 0 spiro atoms. The summed E-state index contributed by atoms with van der Waals surface area (Å²) in [4.78, 5) is 34.3. The van der Waals surface area contributed by atoms with Crippen LogP contribution in [0.1, 0.15) is 125 Å². The van der Waals surface area contributed by atoms with Crippen LogP contribution in [0, 0.1) is 32.5 Å². The molecule has 0 heterocycles. The summed E-state index contributed by atoms with van der Waals surface area (Å²) in [6.07, 6.45) is 3.67. The van der Waals surface area contributed by atoms with Gasteiger partial charge in [-0.2, -0.15) is 0 Å². The van der Waals surface area contributed by atoms with Crippen molar-refractivity contribution in [3.63, 3.8) is 0 Å². The maximum absolute atomic E-state index is 11.4. The zero-order valence-electron chi connectivity index (χ0n) is 28.8. The molecule has 0 bridgehead atoms. The molecular formula is C33H57InO6. The van der Waals surface area contributed by atoms with Gasteiger partial charge in [0.05, 0.1) is 0 Å². The molecule has 0 saturated carbocycles. The first kappa shape index (κ1) is 45.5. The number of allylic oxidation sites excluding steroid dienone is 6. The Morgan fingerprint density at radius 3 is 0.550 bits per heavy atom. The zero-order valence-corrected chi connectivity index (χ0v) is 32.1. The molecule has 0 saturated heterocycles. The maximum atomic E-state index is 11.4. The van der Waals surface area contributed by atoms with Crippen LogP contribution in [0.5, 0.6) is 0 Å². The van der Waals surface area contributed by atoms with Crippen molar-refractivity contribution >= 4 is 43.2 Å². The van der Waals surface area contributed by atoms with Crippen LogP contribution in [0.25, 0.3) is 0 Å². The Kier molecular flexibility index (Phi) is 18.4. The molecule has 0 aromatic carbocycles. The van der Waals surface area contributed by atoms with Gasteiger partial charge in [-0.05, 0) is 34.5 Å². The Bertz CT molecular complexity index is 801. The molecule has 0 amide bonds. The fourth-order valence-corrected chi connectivity index (χ4v) is 1.66. The van der Waals surface area contributed by atoms with Gasteiger partial charge in [-0.1, -0.05) is 125 Å². The van der Waals surface area contributed by atoms with Gasteiger partial charge < -0.3 is 15.3 Å². The van der Waals surface area contributed by atoms with Crippen molar-refractivity contribution in [3.8, 4) is 0 Å². The van der Waals surface area contributed by atoms with Gasteiger partial charge in [0.2, 0.25) is 0 Å². The van der Waals surface area contributed by atoms with E-state index >= 15 is 0 Å². The normalized spacial score (nSPS) is 14.1. The Hall–Kier alpha value is -1.50. The SMILES string of the molecule is CC(C)(C)C(=O)/C=C(\[O-])C(C)(C)C.CC(C)(C)C(=O)/C=C(\[O-])C(C)(C)C.CC(C)(C)C(=O)/C=C(\[O-])C(C)(C)C.[In+3]. The standard InChI is InChI=1S/3C11H20O2.In/c3*1-10(2,3)8(12)7-9(13)11(4,5)6;/h3*7,12H,1-6H3;/q;;;+3/p-3/b3*8-7-;. The molecule has 0 aromatic heterocycles. The van der Waals surface area contributed by atoms with Crippen LogP contribution in [0.15, 0.2) is 35.5 Å². The van der Waals surface area contributed by atoms with Crippen LogP contribution in [-0.2, 0) is 14.4 Å². The van der Waals surface area contributed by atoms with E-state index in [2.05, 4.69) is 0 Å². The molecule has 7 heteroatoms. The van der Waals surface area contributed by atoms with E-state index in [4.69, 9.17) is 0 Å². The third-order valence-electron chi connectivity index (χ3n) is 5.22. The smallest absolute Gasteiger partial charge is 0.875 e. The van der Waals surface area contributed by atoms with E-state index in [0.29, 0.717) is 0 Å². The van der Waals surface area contributed by atoms with Gasteiger partial charge in [0.15, 0.2) is 17.3 Å². The van der Waals surface area contributed by atoms with E-state index in [9.17, 15) is 29.7 Å². The molecule has 0 radical (unpaired) electrons. The Morgan fingerprint density at radius 1 is 0.350 bits per heavy atom. The van der Waals surface area contributed by atoms with Crippen molar-refractivity contribution in [2.75, 3.05) is 0 Å². The minimum atomic E-state index is -0.457. The summed E-state index contributed by atoms with van der Waals surface area (Å²) in [5.41, 5.74) is -2.74. The number of carbonyl (C=O) groups excluding carboxylic acids is 3. The van der Waals surface area contributed by atoms with E-state index in [1.807, 2.05) is 125 Å². The molecule has 228 valence electrons. The van der Waals surface area contributed by atoms with E-state index < -0.39 is 32.5 Å². The predicted octanol–water partition coefficient (Wildman–Crippen LogP) is 5.29. The molecule has 6 nitrogen and oxygen atoms in total. The van der Waals surface area contributed by atoms with Crippen molar-refractivity contribution < 1.29 is 29.7 Å². The largest absolute Gasteiger partial charge is 3.00 e. The van der Waals surface area contributed by atoms with Gasteiger partial charge in [-0.25, -0.2) is 0 Å². The number of rotatable bonds is 3. The number of carbonyl (C=O) groups is 3. The predicted molar refractivity (Wildman–Crippen MR) is 162 cm³/mol. The summed E-state index contributed by atoms with van der Waals surface area (Å²) in [5.74, 6) is -0.625. The summed E-state index contributed by atoms with van der Waals surface area (Å²) in [6.45, 7) is 32.5. The van der Waals surface area contributed by atoms with Crippen molar-refractivity contribution in [3.05, 3.63) is 35.5 Å². The van der Waals surface area contributed by atoms with E-state index in [1.165, 1.54) is 18.2 Å². The molecule has 0 rings (SSSR count). The molecule has 0 aliphatic carbocycles. The summed E-state index contributed by atoms with van der Waals surface area (Å²) >= 11 is 0. The van der Waals surface area contributed by atoms with Gasteiger partial charge in [0, 0.05) is 16.2 Å². The van der Waals surface area contributed by atoms with Crippen LogP contribution in [0.3, 0.4) is 0 Å². The van der Waals surface area contributed by atoms with Crippen LogP contribution in [0.2, 0.25) is 0 Å². The van der Waals surface area contributed by atoms with Crippen LogP contribution >= 0.6 is 0 Å². The fourth-order valence-electron chi connectivity index (χ4n) is 1.66. The summed E-state index contributed by atoms with van der Waals surface area (Å²) in [5, 5.41) is 34.3. The van der Waals surface area contributed by atoms with Crippen molar-refractivity contribution in [2.24, 2.45) is 32.5 Å². The average molecular weight is 665 g/mol. The quantitative estimate of drug-likeness (QED) is 0.299. The molecule has 40 heavy (non-hydrogen) atoms. The van der Waals surface area contributed by atoms with Crippen LogP contribution in [0.4, 0.5) is 0 Å². The number of ketones is 3. The molecule has 0 aliphatic heterocycles. The number of hydrogen-bond acceptors (Lipinski definition) is 6. The summed E-state index contributed by atoms with van der Waals surface area (Å²) in [7, 11) is 0. The maximum Gasteiger partial charge on any atom is 3.00 e. The van der Waals surface area contributed by atoms with Crippen LogP contribution in [-0.4, -0.2) is 43.2 Å². The van der Waals surface area contributed by atoms with Gasteiger partial charge in [-0.15, -0.1) is 17.3 Å². The second-order valence-corrected chi connectivity index (χ2v) is 16.1. The van der Waals surface area contributed by atoms with Gasteiger partial charge >= 0.3 is 25.8 Å². The molecule has 0 fully saturated rings. The minimum absolute atomic E-state index is 0. The molecule has 0 unspecified atom stereocenters. The average Bonchev–Trinajstić information content (AvgIpc) is 2.64. The Labute approximate surface area is 264 Å². The molecule has 0 atom stereocenters. The second kappa shape index (κ2) is 16.2. The third kappa shape index (κ3) is 21.3. The fraction of sp³-hybridized carbons (Fsp3) is 0.727. The van der Waals surface area contributed by atoms with Gasteiger partial charge in [0.1, 0.15) is 0 Å². The first-order valence-electron chi connectivity index (χ1n) is 13.5. The van der Waals surface area contributed by atoms with Gasteiger partial charge in [-0.3, -0.25) is 14.4 Å². The minimum Gasteiger partial charge on any atom is -0.875 e. The summed E-state index contributed by atoms with van der Waals surface area (Å²) in [6, 6.07) is 0. The van der Waals surface area contributed by atoms with E-state index in [1.54, 1.807) is 0 Å². The Morgan fingerprint density at radius 2 is 0.475 bits per heavy atom. The van der Waals surface area contributed by atoms with E-state index in [0.717, 1.165) is 0 Å². The molecular weight excluding hydrogens is 607 g/mol. The molecule has 0 aliphatic rings. The Balaban J connectivity index is -0.000000240. The monoisotopic (exact) mass is 664 g/mol.